The normalized spacial score (nSPS) is 14.9. The zero-order valence-electron chi connectivity index (χ0n) is 20.1. The Hall–Kier alpha value is -3.40. The molecule has 1 aliphatic heterocycles. The van der Waals surface area contributed by atoms with Crippen LogP contribution in [-0.2, 0) is 6.61 Å². The van der Waals surface area contributed by atoms with E-state index >= 15 is 0 Å². The van der Waals surface area contributed by atoms with Crippen molar-refractivity contribution in [2.75, 3.05) is 25.9 Å². The van der Waals surface area contributed by atoms with Gasteiger partial charge in [-0.2, -0.15) is 0 Å². The monoisotopic (exact) mass is 456 g/mol. The number of aromatic nitrogens is 2. The van der Waals surface area contributed by atoms with E-state index in [2.05, 4.69) is 45.9 Å². The van der Waals surface area contributed by atoms with Crippen LogP contribution >= 0.6 is 0 Å². The average molecular weight is 457 g/mol. The molecular formula is C28H32N4O2. The summed E-state index contributed by atoms with van der Waals surface area (Å²) < 4.78 is 6.03. The second-order valence-corrected chi connectivity index (χ2v) is 9.46. The smallest absolute Gasteiger partial charge is 0.166 e. The molecule has 0 atom stereocenters. The molecule has 176 valence electrons. The highest BCUT2D eigenvalue weighted by atomic mass is 16.5. The van der Waals surface area contributed by atoms with Crippen LogP contribution in [0.25, 0.3) is 11.3 Å². The first-order chi connectivity index (χ1) is 16.3. The van der Waals surface area contributed by atoms with E-state index in [0.29, 0.717) is 24.1 Å². The predicted octanol–water partition coefficient (Wildman–Crippen LogP) is 4.24. The molecule has 3 aromatic rings. The van der Waals surface area contributed by atoms with E-state index in [1.165, 1.54) is 5.56 Å². The van der Waals surface area contributed by atoms with Crippen LogP contribution in [0.2, 0.25) is 0 Å². The standard InChI is InChI=1S/C28H32N4O2/c1-28(2,33)11-7-20-5-4-6-21(15-20)19-34-26-17-24(18-31-27(26)29)25-16-23(8-12-30-25)22-9-13-32(3)14-10-22/h4-6,8,12,15-18,22,33H,9-10,13-14,19H2,1-3H3,(H2,29,31). The minimum Gasteiger partial charge on any atom is -0.485 e. The SMILES string of the molecule is CN1CCC(c2ccnc(-c3cnc(N)c(OCc4cccc(C#CC(C)(C)O)c4)c3)c2)CC1. The Kier molecular flexibility index (Phi) is 7.16. The van der Waals surface area contributed by atoms with Crippen molar-refractivity contribution in [1.82, 2.24) is 14.9 Å². The lowest BCUT2D eigenvalue weighted by Crippen LogP contribution is -2.29. The van der Waals surface area contributed by atoms with Crippen molar-refractivity contribution in [1.29, 1.82) is 0 Å². The number of nitrogen functional groups attached to an aromatic ring is 1. The van der Waals surface area contributed by atoms with E-state index < -0.39 is 5.60 Å². The molecule has 0 aliphatic carbocycles. The molecule has 0 saturated carbocycles. The molecule has 1 saturated heterocycles. The molecule has 34 heavy (non-hydrogen) atoms. The third-order valence-corrected chi connectivity index (χ3v) is 5.99. The predicted molar refractivity (Wildman–Crippen MR) is 135 cm³/mol. The number of nitrogens with zero attached hydrogens (tertiary/aromatic N) is 3. The summed E-state index contributed by atoms with van der Waals surface area (Å²) in [4.78, 5) is 11.3. The molecule has 2 aromatic heterocycles. The Bertz CT molecular complexity index is 1200. The van der Waals surface area contributed by atoms with E-state index in [4.69, 9.17) is 10.5 Å². The van der Waals surface area contributed by atoms with Crippen LogP contribution in [0.5, 0.6) is 5.75 Å². The molecule has 0 bridgehead atoms. The molecule has 0 spiro atoms. The van der Waals surface area contributed by atoms with Crippen molar-refractivity contribution in [2.45, 2.75) is 44.8 Å². The molecule has 1 aromatic carbocycles. The van der Waals surface area contributed by atoms with Gasteiger partial charge >= 0.3 is 0 Å². The summed E-state index contributed by atoms with van der Waals surface area (Å²) in [6.07, 6.45) is 5.94. The van der Waals surface area contributed by atoms with Crippen molar-refractivity contribution < 1.29 is 9.84 Å². The van der Waals surface area contributed by atoms with Crippen molar-refractivity contribution in [3.05, 3.63) is 71.5 Å². The van der Waals surface area contributed by atoms with Gasteiger partial charge in [-0.3, -0.25) is 4.98 Å². The number of anilines is 1. The van der Waals surface area contributed by atoms with Crippen LogP contribution in [0.15, 0.2) is 54.9 Å². The zero-order valence-corrected chi connectivity index (χ0v) is 20.1. The van der Waals surface area contributed by atoms with E-state index in [1.807, 2.05) is 36.5 Å². The van der Waals surface area contributed by atoms with Gasteiger partial charge in [-0.05, 0) is 94.2 Å². The summed E-state index contributed by atoms with van der Waals surface area (Å²) in [7, 11) is 2.18. The summed E-state index contributed by atoms with van der Waals surface area (Å²) in [6, 6.07) is 13.9. The minimum absolute atomic E-state index is 0.330. The first-order valence-corrected chi connectivity index (χ1v) is 11.6. The number of aliphatic hydroxyl groups is 1. The third-order valence-electron chi connectivity index (χ3n) is 5.99. The van der Waals surface area contributed by atoms with Crippen molar-refractivity contribution >= 4 is 5.82 Å². The van der Waals surface area contributed by atoms with E-state index in [9.17, 15) is 5.11 Å². The van der Waals surface area contributed by atoms with Gasteiger partial charge in [-0.1, -0.05) is 24.0 Å². The summed E-state index contributed by atoms with van der Waals surface area (Å²) in [6.45, 7) is 5.89. The van der Waals surface area contributed by atoms with Crippen molar-refractivity contribution in [3.63, 3.8) is 0 Å². The highest BCUT2D eigenvalue weighted by Crippen LogP contribution is 2.31. The molecule has 1 fully saturated rings. The van der Waals surface area contributed by atoms with Crippen LogP contribution < -0.4 is 10.5 Å². The lowest BCUT2D eigenvalue weighted by molar-refractivity contribution is 0.143. The largest absolute Gasteiger partial charge is 0.485 e. The first-order valence-electron chi connectivity index (χ1n) is 11.6. The second kappa shape index (κ2) is 10.3. The maximum atomic E-state index is 9.83. The van der Waals surface area contributed by atoms with Gasteiger partial charge in [0, 0.05) is 23.5 Å². The number of nitrogens with two attached hydrogens (primary N) is 1. The lowest BCUT2D eigenvalue weighted by Gasteiger charge is -2.29. The van der Waals surface area contributed by atoms with Gasteiger partial charge in [-0.25, -0.2) is 4.98 Å². The quantitative estimate of drug-likeness (QED) is 0.559. The van der Waals surface area contributed by atoms with E-state index in [1.54, 1.807) is 20.0 Å². The van der Waals surface area contributed by atoms with Gasteiger partial charge in [0.25, 0.3) is 0 Å². The highest BCUT2D eigenvalue weighted by molar-refractivity contribution is 5.64. The Morgan fingerprint density at radius 1 is 1.15 bits per heavy atom. The first kappa shape index (κ1) is 23.7. The van der Waals surface area contributed by atoms with Gasteiger partial charge < -0.3 is 20.5 Å². The maximum absolute atomic E-state index is 9.83. The summed E-state index contributed by atoms with van der Waals surface area (Å²) in [5.41, 5.74) is 9.91. The van der Waals surface area contributed by atoms with Gasteiger partial charge in [0.1, 0.15) is 12.2 Å². The van der Waals surface area contributed by atoms with Crippen LogP contribution in [0.4, 0.5) is 5.82 Å². The fraction of sp³-hybridized carbons (Fsp3) is 0.357. The second-order valence-electron chi connectivity index (χ2n) is 9.46. The van der Waals surface area contributed by atoms with E-state index in [0.717, 1.165) is 48.3 Å². The molecule has 0 unspecified atom stereocenters. The van der Waals surface area contributed by atoms with Gasteiger partial charge in [0.05, 0.1) is 5.69 Å². The lowest BCUT2D eigenvalue weighted by atomic mass is 9.89. The van der Waals surface area contributed by atoms with Crippen molar-refractivity contribution in [3.8, 4) is 28.8 Å². The Morgan fingerprint density at radius 3 is 2.71 bits per heavy atom. The Labute approximate surface area is 201 Å². The number of hydrogen-bond donors (Lipinski definition) is 2. The fourth-order valence-corrected chi connectivity index (χ4v) is 4.04. The number of ether oxygens (including phenoxy) is 1. The number of piperidine rings is 1. The molecule has 3 N–H and O–H groups in total. The molecule has 0 radical (unpaired) electrons. The summed E-state index contributed by atoms with van der Waals surface area (Å²) >= 11 is 0. The molecular weight excluding hydrogens is 424 g/mol. The molecule has 1 aliphatic rings. The molecule has 3 heterocycles. The number of rotatable bonds is 5. The molecule has 4 rings (SSSR count). The Balaban J connectivity index is 1.49. The van der Waals surface area contributed by atoms with Crippen LogP contribution in [0.1, 0.15) is 49.3 Å². The summed E-state index contributed by atoms with van der Waals surface area (Å²) in [5, 5.41) is 9.83. The number of pyridine rings is 2. The molecule has 6 heteroatoms. The van der Waals surface area contributed by atoms with E-state index in [-0.39, 0.29) is 0 Å². The van der Waals surface area contributed by atoms with Crippen molar-refractivity contribution in [2.24, 2.45) is 0 Å². The number of likely N-dealkylation sites (tertiary alicyclic amines) is 1. The zero-order chi connectivity index (χ0) is 24.1. The molecule has 0 amide bonds. The maximum Gasteiger partial charge on any atom is 0.166 e. The fourth-order valence-electron chi connectivity index (χ4n) is 4.04. The van der Waals surface area contributed by atoms with Crippen LogP contribution in [0, 0.1) is 11.8 Å². The van der Waals surface area contributed by atoms with Crippen LogP contribution in [0.3, 0.4) is 0 Å². The van der Waals surface area contributed by atoms with Gasteiger partial charge in [0.2, 0.25) is 0 Å². The van der Waals surface area contributed by atoms with Gasteiger partial charge in [-0.15, -0.1) is 0 Å². The highest BCUT2D eigenvalue weighted by Gasteiger charge is 2.19. The van der Waals surface area contributed by atoms with Gasteiger partial charge in [0.15, 0.2) is 11.6 Å². The topological polar surface area (TPSA) is 84.5 Å². The third kappa shape index (κ3) is 6.34. The summed E-state index contributed by atoms with van der Waals surface area (Å²) in [5.74, 6) is 7.25. The Morgan fingerprint density at radius 2 is 1.94 bits per heavy atom. The molecule has 6 nitrogen and oxygen atoms in total. The van der Waals surface area contributed by atoms with Crippen LogP contribution in [-0.4, -0.2) is 45.7 Å². The minimum atomic E-state index is -1.04. The average Bonchev–Trinajstić information content (AvgIpc) is 2.83. The number of hydrogen-bond acceptors (Lipinski definition) is 6. The number of benzene rings is 1.